The summed E-state index contributed by atoms with van der Waals surface area (Å²) in [5.74, 6) is -0.963. The standard InChI is InChI=1S/C19H21NO2/c20-18(19(21)22)14-17-12-10-16(11-13-17)9-5-4-8-15-6-2-1-3-7-15/h1-4,6-8,10-13,18H,5,9,14,20H2,(H,21,22)/b8-4-/t18-/m0/s1. The highest BCUT2D eigenvalue weighted by Gasteiger charge is 2.11. The number of rotatable bonds is 7. The van der Waals surface area contributed by atoms with Gasteiger partial charge in [0.1, 0.15) is 6.04 Å². The Bertz CT molecular complexity index is 618. The number of carboxylic acid groups (broad SMARTS) is 1. The maximum Gasteiger partial charge on any atom is 0.320 e. The van der Waals surface area contributed by atoms with Gasteiger partial charge in [-0.15, -0.1) is 0 Å². The number of carbonyl (C=O) groups is 1. The first kappa shape index (κ1) is 16.0. The molecule has 0 aliphatic carbocycles. The van der Waals surface area contributed by atoms with Crippen molar-refractivity contribution in [1.82, 2.24) is 0 Å². The molecule has 114 valence electrons. The van der Waals surface area contributed by atoms with Crippen LogP contribution in [0, 0.1) is 0 Å². The number of carboxylic acids is 1. The molecule has 1 atom stereocenters. The molecule has 2 aromatic rings. The highest BCUT2D eigenvalue weighted by molar-refractivity contribution is 5.73. The third-order valence-electron chi connectivity index (χ3n) is 3.51. The smallest absolute Gasteiger partial charge is 0.320 e. The number of hydrogen-bond acceptors (Lipinski definition) is 2. The molecule has 0 bridgehead atoms. The first-order valence-electron chi connectivity index (χ1n) is 7.43. The lowest BCUT2D eigenvalue weighted by Crippen LogP contribution is -2.32. The molecule has 22 heavy (non-hydrogen) atoms. The quantitative estimate of drug-likeness (QED) is 0.824. The van der Waals surface area contributed by atoms with Gasteiger partial charge in [-0.2, -0.15) is 0 Å². The average molecular weight is 295 g/mol. The van der Waals surface area contributed by atoms with Crippen molar-refractivity contribution in [1.29, 1.82) is 0 Å². The van der Waals surface area contributed by atoms with Gasteiger partial charge in [0.15, 0.2) is 0 Å². The zero-order valence-electron chi connectivity index (χ0n) is 12.5. The van der Waals surface area contributed by atoms with E-state index in [0.717, 1.165) is 18.4 Å². The van der Waals surface area contributed by atoms with E-state index in [0.29, 0.717) is 6.42 Å². The molecule has 0 aliphatic rings. The summed E-state index contributed by atoms with van der Waals surface area (Å²) in [7, 11) is 0. The molecule has 3 nitrogen and oxygen atoms in total. The van der Waals surface area contributed by atoms with Gasteiger partial charge in [0.25, 0.3) is 0 Å². The second-order valence-electron chi connectivity index (χ2n) is 5.32. The summed E-state index contributed by atoms with van der Waals surface area (Å²) in [6, 6.07) is 17.4. The molecule has 2 aromatic carbocycles. The predicted octanol–water partition coefficient (Wildman–Crippen LogP) is 3.29. The summed E-state index contributed by atoms with van der Waals surface area (Å²) >= 11 is 0. The van der Waals surface area contributed by atoms with Gasteiger partial charge in [-0.1, -0.05) is 66.7 Å². The molecule has 0 saturated heterocycles. The summed E-state index contributed by atoms with van der Waals surface area (Å²) in [6.07, 6.45) is 6.60. The van der Waals surface area contributed by atoms with Crippen LogP contribution in [-0.2, 0) is 17.6 Å². The van der Waals surface area contributed by atoms with E-state index in [-0.39, 0.29) is 0 Å². The van der Waals surface area contributed by atoms with Crippen molar-refractivity contribution < 1.29 is 9.90 Å². The molecule has 0 saturated carbocycles. The summed E-state index contributed by atoms with van der Waals surface area (Å²) in [6.45, 7) is 0. The van der Waals surface area contributed by atoms with E-state index in [9.17, 15) is 4.79 Å². The van der Waals surface area contributed by atoms with Gasteiger partial charge in [-0.3, -0.25) is 4.79 Å². The van der Waals surface area contributed by atoms with Crippen LogP contribution in [0.15, 0.2) is 60.7 Å². The van der Waals surface area contributed by atoms with Gasteiger partial charge in [0.05, 0.1) is 0 Å². The van der Waals surface area contributed by atoms with Crippen molar-refractivity contribution in [3.05, 3.63) is 77.4 Å². The fourth-order valence-corrected chi connectivity index (χ4v) is 2.22. The molecule has 0 unspecified atom stereocenters. The summed E-state index contributed by atoms with van der Waals surface area (Å²) in [5.41, 5.74) is 8.94. The van der Waals surface area contributed by atoms with Crippen LogP contribution in [-0.4, -0.2) is 17.1 Å². The Morgan fingerprint density at radius 3 is 2.32 bits per heavy atom. The third-order valence-corrected chi connectivity index (χ3v) is 3.51. The Kier molecular flexibility index (Phi) is 5.92. The van der Waals surface area contributed by atoms with E-state index in [1.165, 1.54) is 11.1 Å². The maximum absolute atomic E-state index is 10.7. The first-order valence-corrected chi connectivity index (χ1v) is 7.43. The Labute approximate surface area is 131 Å². The topological polar surface area (TPSA) is 63.3 Å². The molecular formula is C19H21NO2. The van der Waals surface area contributed by atoms with Crippen molar-refractivity contribution in [3.8, 4) is 0 Å². The Morgan fingerprint density at radius 2 is 1.68 bits per heavy atom. The Hall–Kier alpha value is -2.39. The van der Waals surface area contributed by atoms with Crippen LogP contribution in [0.3, 0.4) is 0 Å². The predicted molar refractivity (Wildman–Crippen MR) is 89.6 cm³/mol. The monoisotopic (exact) mass is 295 g/mol. The SMILES string of the molecule is N[C@@H](Cc1ccc(CC/C=C\c2ccccc2)cc1)C(=O)O. The molecule has 0 spiro atoms. The summed E-state index contributed by atoms with van der Waals surface area (Å²) in [5, 5.41) is 8.80. The lowest BCUT2D eigenvalue weighted by Gasteiger charge is -2.07. The van der Waals surface area contributed by atoms with E-state index in [4.69, 9.17) is 10.8 Å². The summed E-state index contributed by atoms with van der Waals surface area (Å²) in [4.78, 5) is 10.7. The van der Waals surface area contributed by atoms with Crippen molar-refractivity contribution >= 4 is 12.0 Å². The fourth-order valence-electron chi connectivity index (χ4n) is 2.22. The Morgan fingerprint density at radius 1 is 1.05 bits per heavy atom. The molecule has 0 amide bonds. The number of aryl methyl sites for hydroxylation is 1. The average Bonchev–Trinajstić information content (AvgIpc) is 2.54. The van der Waals surface area contributed by atoms with Crippen LogP contribution >= 0.6 is 0 Å². The van der Waals surface area contributed by atoms with E-state index >= 15 is 0 Å². The molecule has 3 N–H and O–H groups in total. The molecule has 2 rings (SSSR count). The van der Waals surface area contributed by atoms with Gasteiger partial charge in [-0.25, -0.2) is 0 Å². The third kappa shape index (κ3) is 5.19. The normalized spacial score (nSPS) is 12.4. The lowest BCUT2D eigenvalue weighted by atomic mass is 10.0. The van der Waals surface area contributed by atoms with Crippen molar-refractivity contribution in [3.63, 3.8) is 0 Å². The van der Waals surface area contributed by atoms with E-state index in [1.54, 1.807) is 0 Å². The van der Waals surface area contributed by atoms with Crippen LogP contribution in [0.2, 0.25) is 0 Å². The van der Waals surface area contributed by atoms with Crippen molar-refractivity contribution in [2.75, 3.05) is 0 Å². The van der Waals surface area contributed by atoms with Gasteiger partial charge < -0.3 is 10.8 Å². The maximum atomic E-state index is 10.7. The fraction of sp³-hybridized carbons (Fsp3) is 0.211. The molecule has 0 fully saturated rings. The van der Waals surface area contributed by atoms with Crippen LogP contribution in [0.1, 0.15) is 23.1 Å². The van der Waals surface area contributed by atoms with E-state index < -0.39 is 12.0 Å². The minimum atomic E-state index is -0.963. The van der Waals surface area contributed by atoms with Gasteiger partial charge in [0, 0.05) is 0 Å². The minimum Gasteiger partial charge on any atom is -0.480 e. The number of hydrogen-bond donors (Lipinski definition) is 2. The molecule has 0 heterocycles. The zero-order valence-corrected chi connectivity index (χ0v) is 12.5. The van der Waals surface area contributed by atoms with E-state index in [1.807, 2.05) is 42.5 Å². The molecule has 0 aliphatic heterocycles. The number of benzene rings is 2. The molecule has 0 radical (unpaired) electrons. The number of nitrogens with two attached hydrogens (primary N) is 1. The van der Waals surface area contributed by atoms with Crippen molar-refractivity contribution in [2.45, 2.75) is 25.3 Å². The Balaban J connectivity index is 1.81. The number of aliphatic carboxylic acids is 1. The number of allylic oxidation sites excluding steroid dienone is 1. The first-order chi connectivity index (χ1) is 10.6. The highest BCUT2D eigenvalue weighted by atomic mass is 16.4. The van der Waals surface area contributed by atoms with Crippen molar-refractivity contribution in [2.24, 2.45) is 5.73 Å². The largest absolute Gasteiger partial charge is 0.480 e. The van der Waals surface area contributed by atoms with Crippen LogP contribution in [0.4, 0.5) is 0 Å². The van der Waals surface area contributed by atoms with Crippen LogP contribution < -0.4 is 5.73 Å². The molecular weight excluding hydrogens is 274 g/mol. The molecule has 3 heteroatoms. The highest BCUT2D eigenvalue weighted by Crippen LogP contribution is 2.10. The van der Waals surface area contributed by atoms with E-state index in [2.05, 4.69) is 24.3 Å². The van der Waals surface area contributed by atoms with Gasteiger partial charge in [-0.05, 0) is 36.0 Å². The zero-order chi connectivity index (χ0) is 15.8. The van der Waals surface area contributed by atoms with Gasteiger partial charge >= 0.3 is 5.97 Å². The van der Waals surface area contributed by atoms with Crippen LogP contribution in [0.25, 0.3) is 6.08 Å². The van der Waals surface area contributed by atoms with Crippen LogP contribution in [0.5, 0.6) is 0 Å². The lowest BCUT2D eigenvalue weighted by molar-refractivity contribution is -0.138. The second kappa shape index (κ2) is 8.15. The minimum absolute atomic E-state index is 0.365. The summed E-state index contributed by atoms with van der Waals surface area (Å²) < 4.78 is 0. The second-order valence-corrected chi connectivity index (χ2v) is 5.32. The van der Waals surface area contributed by atoms with Gasteiger partial charge in [0.2, 0.25) is 0 Å². The molecule has 0 aromatic heterocycles.